The number of rotatable bonds is 5. The predicted octanol–water partition coefficient (Wildman–Crippen LogP) is 1.14. The van der Waals surface area contributed by atoms with E-state index in [0.29, 0.717) is 17.1 Å². The Bertz CT molecular complexity index is 817. The zero-order chi connectivity index (χ0) is 16.2. The summed E-state index contributed by atoms with van der Waals surface area (Å²) in [5, 5.41) is 10.5. The maximum atomic E-state index is 14.2. The monoisotopic (exact) mass is 332 g/mol. The van der Waals surface area contributed by atoms with Crippen LogP contribution in [0.3, 0.4) is 0 Å². The summed E-state index contributed by atoms with van der Waals surface area (Å²) in [4.78, 5) is 15.1. The maximum absolute atomic E-state index is 14.2. The number of hydrogen-bond acceptors (Lipinski definition) is 5. The van der Waals surface area contributed by atoms with E-state index in [0.717, 1.165) is 0 Å². The molecule has 3 aromatic rings. The minimum absolute atomic E-state index is 0.106. The van der Waals surface area contributed by atoms with Crippen LogP contribution in [0.1, 0.15) is 5.69 Å². The maximum Gasteiger partial charge on any atom is 0.230 e. The first-order valence-corrected chi connectivity index (χ1v) is 7.37. The lowest BCUT2D eigenvalue weighted by Gasteiger charge is -2.06. The topological polar surface area (TPSA) is 77.6 Å². The van der Waals surface area contributed by atoms with Gasteiger partial charge >= 0.3 is 0 Å². The number of amides is 1. The second-order valence-corrected chi connectivity index (χ2v) is 5.01. The molecule has 0 aliphatic rings. The van der Waals surface area contributed by atoms with Crippen molar-refractivity contribution in [3.8, 4) is 11.4 Å². The highest BCUT2D eigenvalue weighted by Gasteiger charge is 2.09. The Morgan fingerprint density at radius 2 is 2.26 bits per heavy atom. The van der Waals surface area contributed by atoms with E-state index in [2.05, 4.69) is 33.2 Å². The van der Waals surface area contributed by atoms with Crippen LogP contribution in [0.2, 0.25) is 0 Å². The van der Waals surface area contributed by atoms with Crippen LogP contribution in [0.25, 0.3) is 11.4 Å². The third-order valence-electron chi connectivity index (χ3n) is 3.13. The fraction of sp³-hybridized carbons (Fsp3) is 0.143. The highest BCUT2D eigenvalue weighted by atomic mass is 32.1. The average molecular weight is 332 g/mol. The Kier molecular flexibility index (Phi) is 4.38. The molecule has 1 N–H and O–H groups in total. The SMILES string of the molecule is O=C(CS)NCc1cn(-c2ccc(-n3ccnc3)c(F)c2)nn1. The predicted molar refractivity (Wildman–Crippen MR) is 84.1 cm³/mol. The fourth-order valence-corrected chi connectivity index (χ4v) is 2.11. The molecule has 0 saturated carbocycles. The third-order valence-corrected chi connectivity index (χ3v) is 3.42. The number of aromatic nitrogens is 5. The highest BCUT2D eigenvalue weighted by Crippen LogP contribution is 2.17. The molecule has 7 nitrogen and oxygen atoms in total. The molecule has 1 amide bonds. The van der Waals surface area contributed by atoms with E-state index in [9.17, 15) is 9.18 Å². The summed E-state index contributed by atoms with van der Waals surface area (Å²) in [5.74, 6) is -0.491. The van der Waals surface area contributed by atoms with E-state index >= 15 is 0 Å². The zero-order valence-electron chi connectivity index (χ0n) is 11.9. The van der Waals surface area contributed by atoms with E-state index in [4.69, 9.17) is 0 Å². The van der Waals surface area contributed by atoms with E-state index in [1.807, 2.05) is 0 Å². The molecule has 0 aliphatic carbocycles. The molecule has 0 unspecified atom stereocenters. The van der Waals surface area contributed by atoms with Crippen molar-refractivity contribution in [2.75, 3.05) is 5.75 Å². The number of imidazole rings is 1. The number of nitrogens with zero attached hydrogens (tertiary/aromatic N) is 5. The van der Waals surface area contributed by atoms with Crippen LogP contribution in [0.5, 0.6) is 0 Å². The average Bonchev–Trinajstić information content (AvgIpc) is 3.24. The van der Waals surface area contributed by atoms with Gasteiger partial charge in [0.25, 0.3) is 0 Å². The summed E-state index contributed by atoms with van der Waals surface area (Å²) in [6, 6.07) is 4.72. The van der Waals surface area contributed by atoms with Gasteiger partial charge in [-0.15, -0.1) is 5.10 Å². The molecule has 0 saturated heterocycles. The number of carbonyl (C=O) groups excluding carboxylic acids is 1. The van der Waals surface area contributed by atoms with Gasteiger partial charge in [-0.25, -0.2) is 14.1 Å². The Morgan fingerprint density at radius 1 is 1.39 bits per heavy atom. The summed E-state index contributed by atoms with van der Waals surface area (Å²) >= 11 is 3.87. The normalized spacial score (nSPS) is 10.7. The summed E-state index contributed by atoms with van der Waals surface area (Å²) in [6.45, 7) is 0.245. The molecule has 0 bridgehead atoms. The van der Waals surface area contributed by atoms with E-state index < -0.39 is 5.82 Å². The molecular formula is C14H13FN6OS. The van der Waals surface area contributed by atoms with Crippen LogP contribution in [-0.4, -0.2) is 36.2 Å². The fourth-order valence-electron chi connectivity index (χ4n) is 2.00. The number of carbonyl (C=O) groups is 1. The Morgan fingerprint density at radius 3 is 2.96 bits per heavy atom. The van der Waals surface area contributed by atoms with Crippen molar-refractivity contribution in [3.63, 3.8) is 0 Å². The molecule has 0 atom stereocenters. The third kappa shape index (κ3) is 3.39. The Balaban J connectivity index is 1.79. The molecule has 2 heterocycles. The van der Waals surface area contributed by atoms with Crippen LogP contribution in [-0.2, 0) is 11.3 Å². The molecule has 9 heteroatoms. The molecular weight excluding hydrogens is 319 g/mol. The lowest BCUT2D eigenvalue weighted by Crippen LogP contribution is -2.23. The molecule has 118 valence electrons. The minimum atomic E-state index is -0.402. The molecule has 0 spiro atoms. The van der Waals surface area contributed by atoms with Crippen molar-refractivity contribution >= 4 is 18.5 Å². The molecule has 3 rings (SSSR count). The number of thiol groups is 1. The summed E-state index contributed by atoms with van der Waals surface area (Å²) in [5.41, 5.74) is 1.50. The van der Waals surface area contributed by atoms with Crippen molar-refractivity contribution in [2.45, 2.75) is 6.54 Å². The first kappa shape index (κ1) is 15.2. The number of benzene rings is 1. The largest absolute Gasteiger partial charge is 0.350 e. The Hall–Kier alpha value is -2.68. The van der Waals surface area contributed by atoms with Crippen molar-refractivity contribution in [2.24, 2.45) is 0 Å². The minimum Gasteiger partial charge on any atom is -0.350 e. The van der Waals surface area contributed by atoms with Crippen molar-refractivity contribution in [1.82, 2.24) is 29.9 Å². The van der Waals surface area contributed by atoms with Crippen LogP contribution >= 0.6 is 12.6 Å². The van der Waals surface area contributed by atoms with E-state index in [-0.39, 0.29) is 18.2 Å². The quantitative estimate of drug-likeness (QED) is 0.687. The van der Waals surface area contributed by atoms with E-state index in [1.165, 1.54) is 17.1 Å². The van der Waals surface area contributed by atoms with Gasteiger partial charge in [-0.1, -0.05) is 5.21 Å². The second-order valence-electron chi connectivity index (χ2n) is 4.69. The molecule has 23 heavy (non-hydrogen) atoms. The number of nitrogens with one attached hydrogen (secondary N) is 1. The van der Waals surface area contributed by atoms with Gasteiger partial charge in [0.1, 0.15) is 11.5 Å². The second kappa shape index (κ2) is 6.61. The van der Waals surface area contributed by atoms with Crippen molar-refractivity contribution in [3.05, 3.63) is 54.6 Å². The lowest BCUT2D eigenvalue weighted by atomic mass is 10.2. The number of halogens is 1. The summed E-state index contributed by atoms with van der Waals surface area (Å²) in [7, 11) is 0. The molecule has 0 radical (unpaired) electrons. The zero-order valence-corrected chi connectivity index (χ0v) is 12.8. The van der Waals surface area contributed by atoms with Gasteiger partial charge in [0, 0.05) is 18.5 Å². The lowest BCUT2D eigenvalue weighted by molar-refractivity contribution is -0.118. The smallest absolute Gasteiger partial charge is 0.230 e. The molecule has 1 aromatic carbocycles. The van der Waals surface area contributed by atoms with E-state index in [1.54, 1.807) is 35.3 Å². The molecule has 2 aromatic heterocycles. The molecule has 0 aliphatic heterocycles. The first-order chi connectivity index (χ1) is 11.2. The van der Waals surface area contributed by atoms with Gasteiger partial charge in [-0.3, -0.25) is 4.79 Å². The van der Waals surface area contributed by atoms with Crippen molar-refractivity contribution in [1.29, 1.82) is 0 Å². The van der Waals surface area contributed by atoms with Gasteiger partial charge in [0.2, 0.25) is 5.91 Å². The van der Waals surface area contributed by atoms with Crippen LogP contribution < -0.4 is 5.32 Å². The first-order valence-electron chi connectivity index (χ1n) is 6.74. The van der Waals surface area contributed by atoms with Gasteiger partial charge in [-0.2, -0.15) is 12.6 Å². The van der Waals surface area contributed by atoms with Crippen LogP contribution in [0, 0.1) is 5.82 Å². The summed E-state index contributed by atoms with van der Waals surface area (Å²) < 4.78 is 17.3. The van der Waals surface area contributed by atoms with Crippen molar-refractivity contribution < 1.29 is 9.18 Å². The van der Waals surface area contributed by atoms with Crippen LogP contribution in [0.15, 0.2) is 43.1 Å². The summed E-state index contributed by atoms with van der Waals surface area (Å²) in [6.07, 6.45) is 6.40. The van der Waals surface area contributed by atoms with Gasteiger partial charge in [-0.05, 0) is 12.1 Å². The van der Waals surface area contributed by atoms with Gasteiger partial charge in [0.05, 0.1) is 36.2 Å². The standard InChI is InChI=1S/C14H13FN6OS/c15-12-5-11(1-2-13(12)20-4-3-16-9-20)21-7-10(18-19-21)6-17-14(22)8-23/h1-5,7,9,23H,6,8H2,(H,17,22). The van der Waals surface area contributed by atoms with Gasteiger partial charge < -0.3 is 9.88 Å². The number of hydrogen-bond donors (Lipinski definition) is 2. The molecule has 0 fully saturated rings. The Labute approximate surface area is 136 Å². The van der Waals surface area contributed by atoms with Crippen LogP contribution in [0.4, 0.5) is 4.39 Å². The van der Waals surface area contributed by atoms with Gasteiger partial charge in [0.15, 0.2) is 0 Å². The highest BCUT2D eigenvalue weighted by molar-refractivity contribution is 7.81.